The van der Waals surface area contributed by atoms with Gasteiger partial charge in [-0.2, -0.15) is 0 Å². The minimum atomic E-state index is -0.180. The molecule has 0 unspecified atom stereocenters. The first-order valence-corrected chi connectivity index (χ1v) is 7.65. The lowest BCUT2D eigenvalue weighted by Gasteiger charge is -2.32. The molecule has 2 nitrogen and oxygen atoms in total. The molecule has 2 rings (SSSR count). The summed E-state index contributed by atoms with van der Waals surface area (Å²) in [5.41, 5.74) is 1.13. The van der Waals surface area contributed by atoms with Crippen LogP contribution in [-0.4, -0.2) is 19.3 Å². The predicted octanol–water partition coefficient (Wildman–Crippen LogP) is 3.55. The molecule has 0 aliphatic carbocycles. The third-order valence-electron chi connectivity index (χ3n) is 3.72. The molecule has 1 aromatic rings. The van der Waals surface area contributed by atoms with Crippen LogP contribution >= 0.6 is 0 Å². The van der Waals surface area contributed by atoms with Gasteiger partial charge in [0.15, 0.2) is 0 Å². The Hall–Kier alpha value is -0.795. The highest BCUT2D eigenvalue weighted by Crippen LogP contribution is 2.21. The highest BCUT2D eigenvalue weighted by Gasteiger charge is 2.33. The van der Waals surface area contributed by atoms with E-state index in [1.54, 1.807) is 0 Å². The van der Waals surface area contributed by atoms with Crippen LogP contribution in [0, 0.1) is 0 Å². The quantitative estimate of drug-likeness (QED) is 0.575. The second kappa shape index (κ2) is 7.71. The number of unbranched alkanes of at least 4 members (excludes halogenated alkanes) is 3. The van der Waals surface area contributed by atoms with Crippen molar-refractivity contribution in [3.63, 3.8) is 0 Å². The molecule has 0 radical (unpaired) electrons. The smallest absolute Gasteiger partial charge is 0.405 e. The molecule has 3 heteroatoms. The average molecular weight is 260 g/mol. The molecule has 19 heavy (non-hydrogen) atoms. The molecular weight excluding hydrogens is 235 g/mol. The summed E-state index contributed by atoms with van der Waals surface area (Å²) in [6.07, 6.45) is 8.04. The van der Waals surface area contributed by atoms with E-state index >= 15 is 0 Å². The Morgan fingerprint density at radius 1 is 1.11 bits per heavy atom. The van der Waals surface area contributed by atoms with Crippen LogP contribution in [0.2, 0.25) is 0 Å². The molecule has 1 aromatic carbocycles. The third kappa shape index (κ3) is 4.66. The van der Waals surface area contributed by atoms with Gasteiger partial charge in [0.1, 0.15) is 0 Å². The van der Waals surface area contributed by atoms with Gasteiger partial charge in [0.2, 0.25) is 0 Å². The van der Waals surface area contributed by atoms with Crippen molar-refractivity contribution in [3.8, 4) is 0 Å². The molecule has 0 bridgehead atoms. The summed E-state index contributed by atoms with van der Waals surface area (Å²) >= 11 is 0. The Labute approximate surface area is 117 Å². The molecule has 1 aliphatic heterocycles. The van der Waals surface area contributed by atoms with Crippen molar-refractivity contribution in [1.82, 2.24) is 0 Å². The van der Waals surface area contributed by atoms with E-state index in [0.29, 0.717) is 6.10 Å². The predicted molar refractivity (Wildman–Crippen MR) is 80.6 cm³/mol. The van der Waals surface area contributed by atoms with Gasteiger partial charge in [-0.05, 0) is 25.2 Å². The molecule has 0 spiro atoms. The SMILES string of the molecule is CCCCCC[C@H]1C[C@H](C)OB(c2ccccc2)O1. The summed E-state index contributed by atoms with van der Waals surface area (Å²) in [6, 6.07) is 10.3. The van der Waals surface area contributed by atoms with Crippen molar-refractivity contribution < 1.29 is 9.31 Å². The first kappa shape index (κ1) is 14.6. The maximum atomic E-state index is 6.10. The Morgan fingerprint density at radius 2 is 1.89 bits per heavy atom. The fourth-order valence-electron chi connectivity index (χ4n) is 2.65. The monoisotopic (exact) mass is 260 g/mol. The van der Waals surface area contributed by atoms with E-state index in [4.69, 9.17) is 9.31 Å². The van der Waals surface area contributed by atoms with E-state index < -0.39 is 0 Å². The van der Waals surface area contributed by atoms with Crippen molar-refractivity contribution in [2.45, 2.75) is 64.6 Å². The molecule has 1 heterocycles. The van der Waals surface area contributed by atoms with E-state index in [1.165, 1.54) is 25.7 Å². The van der Waals surface area contributed by atoms with Gasteiger partial charge in [-0.25, -0.2) is 0 Å². The molecule has 104 valence electrons. The maximum Gasteiger partial charge on any atom is 0.494 e. The molecule has 2 atom stereocenters. The van der Waals surface area contributed by atoms with Gasteiger partial charge in [0.25, 0.3) is 0 Å². The van der Waals surface area contributed by atoms with Gasteiger partial charge in [-0.15, -0.1) is 0 Å². The Kier molecular flexibility index (Phi) is 5.93. The second-order valence-electron chi connectivity index (χ2n) is 5.53. The number of rotatable bonds is 6. The zero-order valence-corrected chi connectivity index (χ0v) is 12.2. The largest absolute Gasteiger partial charge is 0.494 e. The molecule has 1 aliphatic rings. The highest BCUT2D eigenvalue weighted by atomic mass is 16.6. The fourth-order valence-corrected chi connectivity index (χ4v) is 2.65. The lowest BCUT2D eigenvalue weighted by atomic mass is 9.76. The first-order valence-electron chi connectivity index (χ1n) is 7.65. The summed E-state index contributed by atoms with van der Waals surface area (Å²) in [7, 11) is -0.180. The minimum Gasteiger partial charge on any atom is -0.405 e. The van der Waals surface area contributed by atoms with Gasteiger partial charge in [-0.1, -0.05) is 62.9 Å². The van der Waals surface area contributed by atoms with Crippen molar-refractivity contribution in [3.05, 3.63) is 30.3 Å². The van der Waals surface area contributed by atoms with E-state index in [2.05, 4.69) is 26.0 Å². The number of benzene rings is 1. The number of hydrogen-bond acceptors (Lipinski definition) is 2. The van der Waals surface area contributed by atoms with Crippen LogP contribution in [0.1, 0.15) is 52.4 Å². The molecule has 0 N–H and O–H groups in total. The van der Waals surface area contributed by atoms with E-state index in [0.717, 1.165) is 18.3 Å². The van der Waals surface area contributed by atoms with Crippen LogP contribution in [0.25, 0.3) is 0 Å². The Morgan fingerprint density at radius 3 is 2.63 bits per heavy atom. The van der Waals surface area contributed by atoms with Crippen molar-refractivity contribution in [1.29, 1.82) is 0 Å². The van der Waals surface area contributed by atoms with Gasteiger partial charge >= 0.3 is 7.12 Å². The van der Waals surface area contributed by atoms with E-state index in [-0.39, 0.29) is 13.2 Å². The zero-order chi connectivity index (χ0) is 13.5. The highest BCUT2D eigenvalue weighted by molar-refractivity contribution is 6.61. The topological polar surface area (TPSA) is 18.5 Å². The van der Waals surface area contributed by atoms with E-state index in [9.17, 15) is 0 Å². The van der Waals surface area contributed by atoms with Crippen LogP contribution in [0.4, 0.5) is 0 Å². The summed E-state index contributed by atoms with van der Waals surface area (Å²) in [5.74, 6) is 0. The molecule has 1 saturated heterocycles. The van der Waals surface area contributed by atoms with Crippen LogP contribution in [0.15, 0.2) is 30.3 Å². The lowest BCUT2D eigenvalue weighted by Crippen LogP contribution is -2.47. The van der Waals surface area contributed by atoms with Crippen molar-refractivity contribution in [2.24, 2.45) is 0 Å². The van der Waals surface area contributed by atoms with E-state index in [1.807, 2.05) is 18.2 Å². The normalized spacial score (nSPS) is 23.6. The fraction of sp³-hybridized carbons (Fsp3) is 0.625. The van der Waals surface area contributed by atoms with Crippen LogP contribution in [-0.2, 0) is 9.31 Å². The summed E-state index contributed by atoms with van der Waals surface area (Å²) in [4.78, 5) is 0. The molecule has 1 fully saturated rings. The van der Waals surface area contributed by atoms with Crippen LogP contribution < -0.4 is 5.46 Å². The third-order valence-corrected chi connectivity index (χ3v) is 3.72. The lowest BCUT2D eigenvalue weighted by molar-refractivity contribution is 0.0260. The molecule has 0 amide bonds. The molecular formula is C16H25BO2. The Balaban J connectivity index is 1.85. The van der Waals surface area contributed by atoms with Crippen LogP contribution in [0.5, 0.6) is 0 Å². The van der Waals surface area contributed by atoms with Crippen LogP contribution in [0.3, 0.4) is 0 Å². The molecule has 0 saturated carbocycles. The first-order chi connectivity index (χ1) is 9.29. The summed E-state index contributed by atoms with van der Waals surface area (Å²) in [5, 5.41) is 0. The summed E-state index contributed by atoms with van der Waals surface area (Å²) < 4.78 is 12.0. The number of hydrogen-bond donors (Lipinski definition) is 0. The summed E-state index contributed by atoms with van der Waals surface area (Å²) in [6.45, 7) is 4.40. The van der Waals surface area contributed by atoms with Crippen molar-refractivity contribution in [2.75, 3.05) is 0 Å². The second-order valence-corrected chi connectivity index (χ2v) is 5.53. The van der Waals surface area contributed by atoms with Gasteiger partial charge < -0.3 is 9.31 Å². The Bertz CT molecular complexity index is 355. The zero-order valence-electron chi connectivity index (χ0n) is 12.2. The van der Waals surface area contributed by atoms with Gasteiger partial charge in [0.05, 0.1) is 0 Å². The average Bonchev–Trinajstić information content (AvgIpc) is 2.44. The maximum absolute atomic E-state index is 6.10. The van der Waals surface area contributed by atoms with Crippen molar-refractivity contribution >= 4 is 12.6 Å². The molecule has 0 aromatic heterocycles. The minimum absolute atomic E-state index is 0.180. The van der Waals surface area contributed by atoms with Gasteiger partial charge in [-0.3, -0.25) is 0 Å². The standard InChI is InChI=1S/C16H25BO2/c1-3-4-5-9-12-16-13-14(2)18-17(19-16)15-10-7-6-8-11-15/h6-8,10-11,14,16H,3-5,9,12-13H2,1-2H3/t14-,16-/m0/s1. The van der Waals surface area contributed by atoms with Gasteiger partial charge in [0, 0.05) is 12.2 Å².